The van der Waals surface area contributed by atoms with Crippen LogP contribution in [-0.2, 0) is 4.79 Å². The highest BCUT2D eigenvalue weighted by Crippen LogP contribution is 2.21. The fourth-order valence-electron chi connectivity index (χ4n) is 1.61. The number of carbonyl (C=O) groups is 1. The van der Waals surface area contributed by atoms with Crippen LogP contribution in [0.15, 0.2) is 12.3 Å². The molecular weight excluding hydrogens is 289 g/mol. The molecule has 1 saturated heterocycles. The maximum Gasteiger partial charge on any atom is 0.221 e. The highest BCUT2D eigenvalue weighted by molar-refractivity contribution is 5.88. The SMILES string of the molecule is CC(=O)Nc1cnc(C)c(OC[C@@H]2CCN2)c1.Cl.Cl. The molecule has 7 heteroatoms. The smallest absolute Gasteiger partial charge is 0.221 e. The van der Waals surface area contributed by atoms with Crippen LogP contribution in [0, 0.1) is 6.92 Å². The highest BCUT2D eigenvalue weighted by atomic mass is 35.5. The first-order chi connectivity index (χ1) is 8.15. The molecular formula is C12H19Cl2N3O2. The van der Waals surface area contributed by atoms with Gasteiger partial charge in [0.05, 0.1) is 17.6 Å². The number of pyridine rings is 1. The van der Waals surface area contributed by atoms with Gasteiger partial charge in [0.25, 0.3) is 0 Å². The normalized spacial score (nSPS) is 16.4. The van der Waals surface area contributed by atoms with Crippen LogP contribution < -0.4 is 15.4 Å². The second kappa shape index (κ2) is 8.19. The number of aromatic nitrogens is 1. The Bertz CT molecular complexity index is 425. The zero-order chi connectivity index (χ0) is 12.3. The number of ether oxygens (including phenoxy) is 1. The minimum absolute atomic E-state index is 0. The number of halogens is 2. The summed E-state index contributed by atoms with van der Waals surface area (Å²) in [4.78, 5) is 15.1. The first-order valence-electron chi connectivity index (χ1n) is 5.75. The maximum atomic E-state index is 10.9. The highest BCUT2D eigenvalue weighted by Gasteiger charge is 2.17. The zero-order valence-corrected chi connectivity index (χ0v) is 12.6. The molecule has 1 atom stereocenters. The molecule has 19 heavy (non-hydrogen) atoms. The molecule has 108 valence electrons. The zero-order valence-electron chi connectivity index (χ0n) is 10.9. The fraction of sp³-hybridized carbons (Fsp3) is 0.500. The van der Waals surface area contributed by atoms with Crippen LogP contribution in [0.5, 0.6) is 5.75 Å². The van der Waals surface area contributed by atoms with Crippen molar-refractivity contribution in [3.63, 3.8) is 0 Å². The molecule has 0 spiro atoms. The van der Waals surface area contributed by atoms with Crippen LogP contribution in [0.1, 0.15) is 19.0 Å². The largest absolute Gasteiger partial charge is 0.490 e. The standard InChI is InChI=1S/C12H17N3O2.2ClH/c1-8-12(17-7-10-3-4-13-10)5-11(6-14-8)15-9(2)16;;/h5-6,10,13H,3-4,7H2,1-2H3,(H,15,16);2*1H/t10-;;/m0../s1. The van der Waals surface area contributed by atoms with Crippen molar-refractivity contribution in [3.8, 4) is 5.75 Å². The van der Waals surface area contributed by atoms with Crippen molar-refractivity contribution < 1.29 is 9.53 Å². The summed E-state index contributed by atoms with van der Waals surface area (Å²) in [5.41, 5.74) is 1.50. The van der Waals surface area contributed by atoms with Crippen LogP contribution >= 0.6 is 24.8 Å². The van der Waals surface area contributed by atoms with E-state index in [0.717, 1.165) is 24.4 Å². The third-order valence-corrected chi connectivity index (χ3v) is 2.73. The second-order valence-corrected chi connectivity index (χ2v) is 4.24. The molecule has 1 aromatic heterocycles. The van der Waals surface area contributed by atoms with Gasteiger partial charge in [0, 0.05) is 19.0 Å². The topological polar surface area (TPSA) is 63.2 Å². The summed E-state index contributed by atoms with van der Waals surface area (Å²) < 4.78 is 5.69. The number of hydrogen-bond acceptors (Lipinski definition) is 4. The molecule has 1 aliphatic rings. The van der Waals surface area contributed by atoms with E-state index in [2.05, 4.69) is 15.6 Å². The summed E-state index contributed by atoms with van der Waals surface area (Å²) in [6.45, 7) is 5.07. The Hall–Kier alpha value is -1.04. The molecule has 5 nitrogen and oxygen atoms in total. The van der Waals surface area contributed by atoms with Gasteiger partial charge in [-0.15, -0.1) is 24.8 Å². The molecule has 2 rings (SSSR count). The van der Waals surface area contributed by atoms with Crippen molar-refractivity contribution in [3.05, 3.63) is 18.0 Å². The molecule has 0 aliphatic carbocycles. The Morgan fingerprint density at radius 3 is 2.79 bits per heavy atom. The van der Waals surface area contributed by atoms with Gasteiger partial charge >= 0.3 is 0 Å². The number of aryl methyl sites for hydroxylation is 1. The number of hydrogen-bond donors (Lipinski definition) is 2. The van der Waals surface area contributed by atoms with Crippen LogP contribution in [0.3, 0.4) is 0 Å². The van der Waals surface area contributed by atoms with Crippen molar-refractivity contribution in [2.24, 2.45) is 0 Å². The lowest BCUT2D eigenvalue weighted by atomic mass is 10.1. The van der Waals surface area contributed by atoms with Crippen molar-refractivity contribution in [1.29, 1.82) is 0 Å². The number of anilines is 1. The summed E-state index contributed by atoms with van der Waals surface area (Å²) >= 11 is 0. The summed E-state index contributed by atoms with van der Waals surface area (Å²) in [7, 11) is 0. The Balaban J connectivity index is 0.00000162. The van der Waals surface area contributed by atoms with Gasteiger partial charge in [-0.25, -0.2) is 0 Å². The Morgan fingerprint density at radius 2 is 2.26 bits per heavy atom. The van der Waals surface area contributed by atoms with Gasteiger partial charge in [-0.1, -0.05) is 0 Å². The lowest BCUT2D eigenvalue weighted by Crippen LogP contribution is -2.46. The average Bonchev–Trinajstić information content (AvgIpc) is 2.19. The lowest BCUT2D eigenvalue weighted by Gasteiger charge is -2.27. The van der Waals surface area contributed by atoms with Crippen LogP contribution in [0.4, 0.5) is 5.69 Å². The van der Waals surface area contributed by atoms with Gasteiger partial charge < -0.3 is 15.4 Å². The van der Waals surface area contributed by atoms with E-state index in [1.807, 2.05) is 13.0 Å². The summed E-state index contributed by atoms with van der Waals surface area (Å²) in [6.07, 6.45) is 2.78. The van der Waals surface area contributed by atoms with E-state index < -0.39 is 0 Å². The summed E-state index contributed by atoms with van der Waals surface area (Å²) in [5.74, 6) is 0.618. The second-order valence-electron chi connectivity index (χ2n) is 4.24. The molecule has 1 aromatic rings. The van der Waals surface area contributed by atoms with Gasteiger partial charge in [-0.05, 0) is 19.9 Å². The van der Waals surface area contributed by atoms with Crippen molar-refractivity contribution >= 4 is 36.4 Å². The van der Waals surface area contributed by atoms with Crippen molar-refractivity contribution in [2.75, 3.05) is 18.5 Å². The predicted octanol–water partition coefficient (Wildman–Crippen LogP) is 1.93. The molecule has 1 aliphatic heterocycles. The molecule has 0 radical (unpaired) electrons. The third-order valence-electron chi connectivity index (χ3n) is 2.73. The molecule has 2 heterocycles. The maximum absolute atomic E-state index is 10.9. The fourth-order valence-corrected chi connectivity index (χ4v) is 1.61. The molecule has 0 aromatic carbocycles. The molecule has 0 saturated carbocycles. The number of carbonyl (C=O) groups excluding carboxylic acids is 1. The van der Waals surface area contributed by atoms with E-state index in [4.69, 9.17) is 4.74 Å². The number of rotatable bonds is 4. The van der Waals surface area contributed by atoms with E-state index in [0.29, 0.717) is 18.3 Å². The molecule has 1 fully saturated rings. The minimum Gasteiger partial charge on any atom is -0.490 e. The van der Waals surface area contributed by atoms with Crippen molar-refractivity contribution in [1.82, 2.24) is 10.3 Å². The number of nitrogens with one attached hydrogen (secondary N) is 2. The van der Waals surface area contributed by atoms with Gasteiger partial charge in [0.2, 0.25) is 5.91 Å². The van der Waals surface area contributed by atoms with Gasteiger partial charge in [0.15, 0.2) is 0 Å². The Kier molecular flexibility index (Phi) is 7.75. The van der Waals surface area contributed by atoms with E-state index in [1.54, 1.807) is 6.20 Å². The van der Waals surface area contributed by atoms with Gasteiger partial charge in [-0.3, -0.25) is 9.78 Å². The molecule has 1 amide bonds. The minimum atomic E-state index is -0.109. The van der Waals surface area contributed by atoms with Crippen LogP contribution in [0.25, 0.3) is 0 Å². The van der Waals surface area contributed by atoms with E-state index in [9.17, 15) is 4.79 Å². The van der Waals surface area contributed by atoms with Gasteiger partial charge in [0.1, 0.15) is 12.4 Å². The first-order valence-corrected chi connectivity index (χ1v) is 5.75. The Morgan fingerprint density at radius 1 is 1.58 bits per heavy atom. The molecule has 2 N–H and O–H groups in total. The molecule has 0 unspecified atom stereocenters. The third kappa shape index (κ3) is 5.22. The number of amides is 1. The van der Waals surface area contributed by atoms with Gasteiger partial charge in [-0.2, -0.15) is 0 Å². The Labute approximate surface area is 125 Å². The van der Waals surface area contributed by atoms with Crippen LogP contribution in [0.2, 0.25) is 0 Å². The molecule has 0 bridgehead atoms. The monoisotopic (exact) mass is 307 g/mol. The van der Waals surface area contributed by atoms with E-state index >= 15 is 0 Å². The van der Waals surface area contributed by atoms with Crippen LogP contribution in [-0.4, -0.2) is 30.1 Å². The van der Waals surface area contributed by atoms with E-state index in [1.165, 1.54) is 6.92 Å². The number of nitrogens with zero attached hydrogens (tertiary/aromatic N) is 1. The predicted molar refractivity (Wildman–Crippen MR) is 79.7 cm³/mol. The summed E-state index contributed by atoms with van der Waals surface area (Å²) in [6, 6.07) is 2.25. The van der Waals surface area contributed by atoms with E-state index in [-0.39, 0.29) is 30.7 Å². The average molecular weight is 308 g/mol. The first kappa shape index (κ1) is 18.0. The quantitative estimate of drug-likeness (QED) is 0.892. The lowest BCUT2D eigenvalue weighted by molar-refractivity contribution is -0.114. The van der Waals surface area contributed by atoms with Crippen molar-refractivity contribution in [2.45, 2.75) is 26.3 Å². The summed E-state index contributed by atoms with van der Waals surface area (Å²) in [5, 5.41) is 5.96.